The van der Waals surface area contributed by atoms with Crippen LogP contribution in [0.3, 0.4) is 0 Å². The fourth-order valence-electron chi connectivity index (χ4n) is 3.03. The minimum absolute atomic E-state index is 0.102. The molecule has 4 rings (SSSR count). The van der Waals surface area contributed by atoms with Gasteiger partial charge in [0, 0.05) is 24.0 Å². The minimum atomic E-state index is -0.377. The highest BCUT2D eigenvalue weighted by molar-refractivity contribution is 5.92. The smallest absolute Gasteiger partial charge is 0.262 e. The maximum absolute atomic E-state index is 12.9. The Kier molecular flexibility index (Phi) is 6.12. The molecule has 2 heterocycles. The van der Waals surface area contributed by atoms with Gasteiger partial charge in [0.05, 0.1) is 5.69 Å². The predicted octanol–water partition coefficient (Wildman–Crippen LogP) is 3.74. The van der Waals surface area contributed by atoms with Crippen molar-refractivity contribution in [3.05, 3.63) is 100 Å². The first-order valence-corrected chi connectivity index (χ1v) is 9.86. The number of carbonyl (C=O) groups is 1. The number of ether oxygens (including phenoxy) is 2. The average molecular weight is 433 g/mol. The fourth-order valence-corrected chi connectivity index (χ4v) is 3.03. The standard InChI is InChI=1S/C24H20FN3O4/c1-16-5-10-22-26-19(12-24(30)28(22)13-16)14-31-21-4-2-3-18(11-21)27-23(29)15-32-20-8-6-17(25)7-9-20/h2-13H,14-15H2,1H3,(H,27,29). The molecule has 0 aliphatic rings. The van der Waals surface area contributed by atoms with Crippen molar-refractivity contribution in [2.24, 2.45) is 0 Å². The van der Waals surface area contributed by atoms with Crippen LogP contribution in [0.25, 0.3) is 5.65 Å². The predicted molar refractivity (Wildman–Crippen MR) is 117 cm³/mol. The van der Waals surface area contributed by atoms with Crippen molar-refractivity contribution in [1.29, 1.82) is 0 Å². The summed E-state index contributed by atoms with van der Waals surface area (Å²) in [4.78, 5) is 28.9. The van der Waals surface area contributed by atoms with Crippen molar-refractivity contribution in [3.63, 3.8) is 0 Å². The van der Waals surface area contributed by atoms with Gasteiger partial charge in [0.1, 0.15) is 29.6 Å². The molecule has 7 nitrogen and oxygen atoms in total. The summed E-state index contributed by atoms with van der Waals surface area (Å²) < 4.78 is 25.5. The molecule has 0 aliphatic carbocycles. The number of carbonyl (C=O) groups excluding carboxylic acids is 1. The van der Waals surface area contributed by atoms with Crippen LogP contribution in [0.4, 0.5) is 10.1 Å². The Bertz CT molecular complexity index is 1320. The molecule has 2 aromatic heterocycles. The molecule has 32 heavy (non-hydrogen) atoms. The third-order valence-electron chi connectivity index (χ3n) is 4.55. The molecule has 1 N–H and O–H groups in total. The van der Waals surface area contributed by atoms with Crippen molar-refractivity contribution >= 4 is 17.2 Å². The van der Waals surface area contributed by atoms with E-state index in [1.807, 2.05) is 13.0 Å². The lowest BCUT2D eigenvalue weighted by molar-refractivity contribution is -0.118. The summed E-state index contributed by atoms with van der Waals surface area (Å²) in [6.07, 6.45) is 1.74. The number of hydrogen-bond donors (Lipinski definition) is 1. The normalized spacial score (nSPS) is 10.7. The van der Waals surface area contributed by atoms with Crippen molar-refractivity contribution < 1.29 is 18.7 Å². The first kappa shape index (κ1) is 21.0. The summed E-state index contributed by atoms with van der Waals surface area (Å²) in [5, 5.41) is 2.71. The minimum Gasteiger partial charge on any atom is -0.487 e. The second kappa shape index (κ2) is 9.30. The Balaban J connectivity index is 1.36. The molecule has 0 spiro atoms. The summed E-state index contributed by atoms with van der Waals surface area (Å²) in [6.45, 7) is 1.79. The van der Waals surface area contributed by atoms with Crippen LogP contribution < -0.4 is 20.3 Å². The number of nitrogens with zero attached hydrogens (tertiary/aromatic N) is 2. The summed E-state index contributed by atoms with van der Waals surface area (Å²) in [7, 11) is 0. The lowest BCUT2D eigenvalue weighted by Gasteiger charge is -2.10. The fraction of sp³-hybridized carbons (Fsp3) is 0.125. The SMILES string of the molecule is Cc1ccc2nc(COc3cccc(NC(=O)COc4ccc(F)cc4)c3)cc(=O)n2c1. The van der Waals surface area contributed by atoms with Gasteiger partial charge in [-0.2, -0.15) is 0 Å². The molecule has 4 aromatic rings. The molecule has 0 saturated carbocycles. The zero-order valence-electron chi connectivity index (χ0n) is 17.2. The zero-order valence-corrected chi connectivity index (χ0v) is 17.2. The zero-order chi connectivity index (χ0) is 22.5. The number of aryl methyl sites for hydroxylation is 1. The van der Waals surface area contributed by atoms with Crippen molar-refractivity contribution in [2.45, 2.75) is 13.5 Å². The van der Waals surface area contributed by atoms with Gasteiger partial charge >= 0.3 is 0 Å². The summed E-state index contributed by atoms with van der Waals surface area (Å²) >= 11 is 0. The van der Waals surface area contributed by atoms with Crippen molar-refractivity contribution in [2.75, 3.05) is 11.9 Å². The van der Waals surface area contributed by atoms with Crippen LogP contribution in [0.15, 0.2) is 77.7 Å². The van der Waals surface area contributed by atoms with E-state index >= 15 is 0 Å². The lowest BCUT2D eigenvalue weighted by Crippen LogP contribution is -2.20. The molecular formula is C24H20FN3O4. The Hall–Kier alpha value is -4.20. The van der Waals surface area contributed by atoms with Crippen LogP contribution in [-0.4, -0.2) is 21.9 Å². The van der Waals surface area contributed by atoms with Gasteiger partial charge in [0.15, 0.2) is 6.61 Å². The Labute approximate surface area is 183 Å². The number of fused-ring (bicyclic) bond motifs is 1. The summed E-state index contributed by atoms with van der Waals surface area (Å²) in [6, 6.07) is 17.4. The van der Waals surface area contributed by atoms with Gasteiger partial charge in [0.2, 0.25) is 0 Å². The van der Waals surface area contributed by atoms with Gasteiger partial charge in [-0.3, -0.25) is 14.0 Å². The number of halogens is 1. The van der Waals surface area contributed by atoms with Gasteiger partial charge in [-0.05, 0) is 55.0 Å². The van der Waals surface area contributed by atoms with Gasteiger partial charge in [-0.25, -0.2) is 9.37 Å². The molecule has 0 saturated heterocycles. The maximum Gasteiger partial charge on any atom is 0.262 e. The molecule has 2 aromatic carbocycles. The van der Waals surface area contributed by atoms with E-state index in [2.05, 4.69) is 10.3 Å². The first-order valence-electron chi connectivity index (χ1n) is 9.86. The number of pyridine rings is 1. The molecule has 1 amide bonds. The van der Waals surface area contributed by atoms with E-state index in [4.69, 9.17) is 9.47 Å². The second-order valence-corrected chi connectivity index (χ2v) is 7.13. The molecular weight excluding hydrogens is 413 g/mol. The highest BCUT2D eigenvalue weighted by Crippen LogP contribution is 2.19. The van der Waals surface area contributed by atoms with Gasteiger partial charge in [-0.15, -0.1) is 0 Å². The number of anilines is 1. The number of benzene rings is 2. The molecule has 0 fully saturated rings. The molecule has 0 unspecified atom stereocenters. The van der Waals surface area contributed by atoms with Crippen molar-refractivity contribution in [1.82, 2.24) is 9.38 Å². The Morgan fingerprint density at radius 3 is 2.66 bits per heavy atom. The number of rotatable bonds is 7. The van der Waals surface area contributed by atoms with E-state index in [1.54, 1.807) is 36.5 Å². The highest BCUT2D eigenvalue weighted by Gasteiger charge is 2.07. The monoisotopic (exact) mass is 433 g/mol. The summed E-state index contributed by atoms with van der Waals surface area (Å²) in [5.74, 6) is 0.157. The Morgan fingerprint density at radius 1 is 1.03 bits per heavy atom. The van der Waals surface area contributed by atoms with Gasteiger partial charge in [0.25, 0.3) is 11.5 Å². The van der Waals surface area contributed by atoms with E-state index in [1.165, 1.54) is 34.7 Å². The van der Waals surface area contributed by atoms with Crippen molar-refractivity contribution in [3.8, 4) is 11.5 Å². The molecule has 0 aliphatic heterocycles. The molecule has 0 bridgehead atoms. The lowest BCUT2D eigenvalue weighted by atomic mass is 10.3. The maximum atomic E-state index is 12.9. The van der Waals surface area contributed by atoms with Crippen LogP contribution >= 0.6 is 0 Å². The van der Waals surface area contributed by atoms with Gasteiger partial charge in [-0.1, -0.05) is 12.1 Å². The van der Waals surface area contributed by atoms with Gasteiger partial charge < -0.3 is 14.8 Å². The van der Waals surface area contributed by atoms with Crippen LogP contribution in [0.2, 0.25) is 0 Å². The molecule has 8 heteroatoms. The average Bonchev–Trinajstić information content (AvgIpc) is 2.78. The number of aromatic nitrogens is 2. The Morgan fingerprint density at radius 2 is 1.84 bits per heavy atom. The van der Waals surface area contributed by atoms with Crippen LogP contribution in [0.5, 0.6) is 11.5 Å². The largest absolute Gasteiger partial charge is 0.487 e. The van der Waals surface area contributed by atoms with E-state index in [-0.39, 0.29) is 30.5 Å². The molecule has 162 valence electrons. The molecule has 0 atom stereocenters. The number of nitrogens with one attached hydrogen (secondary N) is 1. The van der Waals surface area contributed by atoms with E-state index in [9.17, 15) is 14.0 Å². The second-order valence-electron chi connectivity index (χ2n) is 7.13. The third-order valence-corrected chi connectivity index (χ3v) is 4.55. The van der Waals surface area contributed by atoms with Crippen LogP contribution in [0.1, 0.15) is 11.3 Å². The number of hydrogen-bond acceptors (Lipinski definition) is 5. The van der Waals surface area contributed by atoms with E-state index in [0.717, 1.165) is 5.56 Å². The quantitative estimate of drug-likeness (QED) is 0.480. The molecule has 0 radical (unpaired) electrons. The highest BCUT2D eigenvalue weighted by atomic mass is 19.1. The first-order chi connectivity index (χ1) is 15.5. The van der Waals surface area contributed by atoms with E-state index in [0.29, 0.717) is 28.5 Å². The topological polar surface area (TPSA) is 81.9 Å². The van der Waals surface area contributed by atoms with Crippen LogP contribution in [0, 0.1) is 12.7 Å². The third kappa shape index (κ3) is 5.28. The number of amides is 1. The summed E-state index contributed by atoms with van der Waals surface area (Å²) in [5.41, 5.74) is 2.36. The van der Waals surface area contributed by atoms with E-state index < -0.39 is 0 Å². The van der Waals surface area contributed by atoms with Crippen LogP contribution in [-0.2, 0) is 11.4 Å².